The zero-order chi connectivity index (χ0) is 35.4. The maximum absolute atomic E-state index is 10.7. The topological polar surface area (TPSA) is 156 Å². The van der Waals surface area contributed by atoms with E-state index in [1.54, 1.807) is 37.2 Å². The van der Waals surface area contributed by atoms with Gasteiger partial charge in [-0.15, -0.1) is 0 Å². The van der Waals surface area contributed by atoms with Crippen LogP contribution in [0.5, 0.6) is 0 Å². The van der Waals surface area contributed by atoms with E-state index >= 15 is 0 Å². The number of halogens is 12. The summed E-state index contributed by atoms with van der Waals surface area (Å²) in [6, 6.07) is 22.9. The minimum absolute atomic E-state index is 0. The van der Waals surface area contributed by atoms with E-state index in [-0.39, 0.29) is 25.0 Å². The summed E-state index contributed by atoms with van der Waals surface area (Å²) >= 11 is 0. The van der Waals surface area contributed by atoms with Crippen molar-refractivity contribution in [3.63, 3.8) is 0 Å². The van der Waals surface area contributed by atoms with Gasteiger partial charge in [0.15, 0.2) is 0 Å². The van der Waals surface area contributed by atoms with Crippen LogP contribution in [0, 0.1) is 0 Å². The van der Waals surface area contributed by atoms with Crippen LogP contribution < -0.4 is 0 Å². The normalized spacial score (nSPS) is 13.2. The molecule has 0 saturated heterocycles. The molecule has 6 rings (SSSR count). The zero-order valence-corrected chi connectivity index (χ0v) is 29.0. The van der Waals surface area contributed by atoms with E-state index in [1.807, 2.05) is 72.8 Å². The molecule has 6 aromatic rings. The Morgan fingerprint density at radius 1 is 0.367 bits per heavy atom. The number of pyridine rings is 3. The smallest absolute Gasteiger partial charge is 0.412 e. The summed E-state index contributed by atoms with van der Waals surface area (Å²) in [4.78, 5) is 12.4. The minimum Gasteiger partial charge on any atom is -0.412 e. The Morgan fingerprint density at radius 2 is 0.592 bits per heavy atom. The molecule has 49 heavy (non-hydrogen) atoms. The second kappa shape index (κ2) is 15.9. The molecule has 6 heterocycles. The van der Waals surface area contributed by atoms with E-state index in [0.29, 0.717) is 0 Å². The molecule has 0 aromatic carbocycles. The van der Waals surface area contributed by atoms with E-state index in [4.69, 9.17) is 0 Å². The molecule has 0 spiro atoms. The number of aromatic nitrogens is 9. The van der Waals surface area contributed by atoms with Crippen molar-refractivity contribution in [2.45, 2.75) is 0 Å². The van der Waals surface area contributed by atoms with Crippen LogP contribution in [-0.2, 0) is 19.5 Å². The molecule has 0 atom stereocenters. The van der Waals surface area contributed by atoms with Crippen molar-refractivity contribution in [2.75, 3.05) is 0 Å². The Kier molecular flexibility index (Phi) is 14.5. The van der Waals surface area contributed by atoms with Gasteiger partial charge in [0, 0.05) is 37.2 Å². The van der Waals surface area contributed by atoms with Crippen LogP contribution in [-0.4, -0.2) is 51.0 Å². The molecule has 6 aromatic heterocycles. The molecule has 0 aliphatic rings. The van der Waals surface area contributed by atoms with E-state index in [2.05, 4.69) is 45.5 Å². The summed E-state index contributed by atoms with van der Waals surface area (Å²) in [6.07, 6.45) is 10.6. The van der Waals surface area contributed by atoms with Gasteiger partial charge in [-0.3, -0.25) is 30.2 Å². The van der Waals surface area contributed by atoms with Gasteiger partial charge in [-0.25, -0.2) is 0 Å². The molecular formula is C24H23F12N9OP2Zn. The number of H-pyrrole nitrogens is 3. The van der Waals surface area contributed by atoms with Crippen LogP contribution in [0.1, 0.15) is 0 Å². The second-order valence-electron chi connectivity index (χ2n) is 8.44. The first-order valence-electron chi connectivity index (χ1n) is 12.2. The molecule has 0 aliphatic carbocycles. The van der Waals surface area contributed by atoms with Gasteiger partial charge in [-0.2, -0.15) is 15.3 Å². The van der Waals surface area contributed by atoms with Gasteiger partial charge < -0.3 is 5.48 Å². The first-order valence-corrected chi connectivity index (χ1v) is 16.2. The second-order valence-corrected chi connectivity index (χ2v) is 12.3. The summed E-state index contributed by atoms with van der Waals surface area (Å²) in [5, 5.41) is 20.2. The van der Waals surface area contributed by atoms with Crippen molar-refractivity contribution in [2.24, 2.45) is 0 Å². The molecule has 0 radical (unpaired) electrons. The van der Waals surface area contributed by atoms with Gasteiger partial charge in [0.25, 0.3) is 0 Å². The fourth-order valence-electron chi connectivity index (χ4n) is 2.75. The molecule has 0 saturated carbocycles. The molecule has 266 valence electrons. The molecule has 0 bridgehead atoms. The quantitative estimate of drug-likeness (QED) is 0.0918. The number of nitrogens with zero attached hydrogens (tertiary/aromatic N) is 6. The van der Waals surface area contributed by atoms with Crippen LogP contribution in [0.4, 0.5) is 50.4 Å². The van der Waals surface area contributed by atoms with Gasteiger partial charge in [-0.1, -0.05) is 18.2 Å². The molecule has 25 heteroatoms. The summed E-state index contributed by atoms with van der Waals surface area (Å²) in [7, 11) is -21.3. The summed E-state index contributed by atoms with van der Waals surface area (Å²) in [5.41, 5.74) is 5.33. The van der Waals surface area contributed by atoms with Gasteiger partial charge in [-0.05, 0) is 54.6 Å². The first kappa shape index (κ1) is 44.7. The van der Waals surface area contributed by atoms with Crippen molar-refractivity contribution in [3.8, 4) is 34.2 Å². The number of aromatic amines is 3. The first-order chi connectivity index (χ1) is 21.3. The maximum Gasteiger partial charge on any atom is 2.00 e. The number of hydrogen-bond donors (Lipinski definition) is 3. The molecule has 10 nitrogen and oxygen atoms in total. The van der Waals surface area contributed by atoms with Crippen molar-refractivity contribution in [1.82, 2.24) is 45.5 Å². The molecule has 0 fully saturated rings. The number of hydrogen-bond acceptors (Lipinski definition) is 6. The van der Waals surface area contributed by atoms with Gasteiger partial charge in [0.1, 0.15) is 17.1 Å². The van der Waals surface area contributed by atoms with Crippen LogP contribution in [0.15, 0.2) is 110 Å². The SMILES string of the molecule is F[P-](F)(F)(F)(F)F.F[P-](F)(F)(F)(F)F.O.[Zn+2].c1ccc(-c2cc[nH]n2)nc1.c1ccc(-c2cc[nH]n2)nc1.c1ccc(-c2cc[nH]n2)nc1. The van der Waals surface area contributed by atoms with Crippen LogP contribution in [0.2, 0.25) is 0 Å². The third-order valence-electron chi connectivity index (χ3n) is 4.28. The Labute approximate surface area is 280 Å². The Morgan fingerprint density at radius 3 is 0.735 bits per heavy atom. The van der Waals surface area contributed by atoms with Crippen molar-refractivity contribution in [3.05, 3.63) is 110 Å². The average molecular weight is 809 g/mol. The monoisotopic (exact) mass is 807 g/mol. The van der Waals surface area contributed by atoms with E-state index < -0.39 is 15.6 Å². The Balaban J connectivity index is 0.000000592. The molecular weight excluding hydrogens is 786 g/mol. The predicted molar refractivity (Wildman–Crippen MR) is 156 cm³/mol. The Bertz CT molecular complexity index is 1520. The standard InChI is InChI=1S/3C8H7N3.2F6P.H2O.Zn/c3*1-2-5-9-7(3-1)8-4-6-10-11-8;2*1-7(2,3,4,5)6;;/h3*1-6H,(H,10,11);;;1H2;/q;;;2*-1;;+2. The van der Waals surface area contributed by atoms with Crippen LogP contribution in [0.3, 0.4) is 0 Å². The Hall–Kier alpha value is -4.32. The predicted octanol–water partition coefficient (Wildman–Crippen LogP) is 10.4. The molecule has 5 N–H and O–H groups in total. The maximum atomic E-state index is 9.87. The minimum atomic E-state index is -10.7. The van der Waals surface area contributed by atoms with Crippen LogP contribution >= 0.6 is 15.6 Å². The molecule has 0 aliphatic heterocycles. The van der Waals surface area contributed by atoms with E-state index in [1.165, 1.54) is 0 Å². The average Bonchev–Trinajstić information content (AvgIpc) is 3.76. The molecule has 0 unspecified atom stereocenters. The van der Waals surface area contributed by atoms with Gasteiger partial charge >= 0.3 is 85.5 Å². The van der Waals surface area contributed by atoms with E-state index in [9.17, 15) is 50.4 Å². The number of nitrogens with one attached hydrogen (secondary N) is 3. The summed E-state index contributed by atoms with van der Waals surface area (Å²) < 4.78 is 118. The molecule has 0 amide bonds. The van der Waals surface area contributed by atoms with Crippen molar-refractivity contribution in [1.29, 1.82) is 0 Å². The zero-order valence-electron chi connectivity index (χ0n) is 24.2. The van der Waals surface area contributed by atoms with Gasteiger partial charge in [0.05, 0.1) is 17.1 Å². The van der Waals surface area contributed by atoms with Crippen LogP contribution in [0.25, 0.3) is 34.2 Å². The van der Waals surface area contributed by atoms with Crippen molar-refractivity contribution < 1.29 is 75.3 Å². The largest absolute Gasteiger partial charge is 2.00 e. The third-order valence-corrected chi connectivity index (χ3v) is 4.28. The van der Waals surface area contributed by atoms with Crippen molar-refractivity contribution >= 4 is 15.6 Å². The fraction of sp³-hybridized carbons (Fsp3) is 0. The number of rotatable bonds is 3. The summed E-state index contributed by atoms with van der Waals surface area (Å²) in [5.74, 6) is 0. The van der Waals surface area contributed by atoms with E-state index in [0.717, 1.165) is 34.2 Å². The third kappa shape index (κ3) is 27.3. The fourth-order valence-corrected chi connectivity index (χ4v) is 2.75. The van der Waals surface area contributed by atoms with Gasteiger partial charge in [0.2, 0.25) is 0 Å². The summed E-state index contributed by atoms with van der Waals surface area (Å²) in [6.45, 7) is 0.